The number of rotatable bonds is 13. The summed E-state index contributed by atoms with van der Waals surface area (Å²) < 4.78 is 63.4. The minimum absolute atomic E-state index is 0. The third kappa shape index (κ3) is 13.7. The van der Waals surface area contributed by atoms with Crippen LogP contribution in [-0.2, 0) is 33.5 Å². The number of halogens is 4. The average Bonchev–Trinajstić information content (AvgIpc) is 2.84. The van der Waals surface area contributed by atoms with E-state index in [1.165, 1.54) is 4.90 Å². The molecule has 2 aromatic rings. The van der Waals surface area contributed by atoms with Gasteiger partial charge in [0, 0.05) is 37.2 Å². The third-order valence-corrected chi connectivity index (χ3v) is 5.23. The first-order valence-electron chi connectivity index (χ1n) is 13.0. The highest BCUT2D eigenvalue weighted by atomic mass is 19.4. The van der Waals surface area contributed by atoms with Crippen molar-refractivity contribution < 1.29 is 41.7 Å². The van der Waals surface area contributed by atoms with Crippen LogP contribution in [0.1, 0.15) is 64.2 Å². The van der Waals surface area contributed by atoms with Crippen LogP contribution in [0.25, 0.3) is 0 Å². The van der Waals surface area contributed by atoms with Crippen LogP contribution in [0.3, 0.4) is 0 Å². The summed E-state index contributed by atoms with van der Waals surface area (Å²) in [7, 11) is 0. The van der Waals surface area contributed by atoms with E-state index in [4.69, 9.17) is 15.2 Å². The molecule has 224 valence electrons. The van der Waals surface area contributed by atoms with Crippen molar-refractivity contribution >= 4 is 11.9 Å². The number of nitrogens with two attached hydrogens (primary N) is 1. The second kappa shape index (κ2) is 16.2. The Balaban J connectivity index is 0.00000146. The Kier molecular flexibility index (Phi) is 14.1. The molecule has 11 heteroatoms. The zero-order chi connectivity index (χ0) is 30.5. The molecule has 0 aliphatic heterocycles. The lowest BCUT2D eigenvalue weighted by Crippen LogP contribution is -2.35. The molecular formula is C29H40F4N2O5. The molecule has 1 atom stereocenters. The number of carboxylic acids is 1. The maximum Gasteiger partial charge on any atom is 0.416 e. The topological polar surface area (TPSA) is 102 Å². The minimum atomic E-state index is -4.65. The van der Waals surface area contributed by atoms with E-state index in [9.17, 15) is 32.3 Å². The second-order valence-electron chi connectivity index (χ2n) is 10.3. The molecule has 0 heterocycles. The summed E-state index contributed by atoms with van der Waals surface area (Å²) in [5.41, 5.74) is 4.96. The number of aliphatic carboxylic acids is 1. The predicted molar refractivity (Wildman–Crippen MR) is 144 cm³/mol. The van der Waals surface area contributed by atoms with E-state index in [-0.39, 0.29) is 37.3 Å². The third-order valence-electron chi connectivity index (χ3n) is 5.23. The van der Waals surface area contributed by atoms with Gasteiger partial charge in [0.15, 0.2) is 12.7 Å². The van der Waals surface area contributed by atoms with Crippen LogP contribution in [0.15, 0.2) is 42.5 Å². The Morgan fingerprint density at radius 1 is 1.05 bits per heavy atom. The molecule has 7 nitrogen and oxygen atoms in total. The molecule has 2 aromatic carbocycles. The number of alkyl halides is 3. The van der Waals surface area contributed by atoms with E-state index in [1.54, 1.807) is 31.2 Å². The highest BCUT2D eigenvalue weighted by Gasteiger charge is 2.31. The van der Waals surface area contributed by atoms with E-state index in [1.807, 2.05) is 27.7 Å². The lowest BCUT2D eigenvalue weighted by molar-refractivity contribution is -0.150. The Morgan fingerprint density at radius 2 is 1.65 bits per heavy atom. The van der Waals surface area contributed by atoms with Crippen molar-refractivity contribution in [3.05, 3.63) is 65.0 Å². The summed E-state index contributed by atoms with van der Waals surface area (Å²) in [4.78, 5) is 25.3. The van der Waals surface area contributed by atoms with E-state index in [2.05, 4.69) is 0 Å². The molecule has 0 saturated heterocycles. The molecule has 2 rings (SSSR count). The first-order chi connectivity index (χ1) is 18.5. The summed E-state index contributed by atoms with van der Waals surface area (Å²) in [6.45, 7) is 9.56. The molecule has 0 unspecified atom stereocenters. The number of amides is 1. The van der Waals surface area contributed by atoms with Gasteiger partial charge >= 0.3 is 12.1 Å². The van der Waals surface area contributed by atoms with Gasteiger partial charge < -0.3 is 25.2 Å². The number of carboxylic acid groups (broad SMARTS) is 1. The Bertz CT molecular complexity index is 1060. The van der Waals surface area contributed by atoms with Crippen LogP contribution in [0.2, 0.25) is 0 Å². The van der Waals surface area contributed by atoms with Gasteiger partial charge in [-0.05, 0) is 63.9 Å². The molecule has 1 amide bonds. The predicted octanol–water partition coefficient (Wildman–Crippen LogP) is 5.83. The van der Waals surface area contributed by atoms with Crippen molar-refractivity contribution in [1.82, 2.24) is 4.90 Å². The quantitative estimate of drug-likeness (QED) is 0.293. The van der Waals surface area contributed by atoms with E-state index in [0.717, 1.165) is 18.6 Å². The van der Waals surface area contributed by atoms with E-state index in [0.29, 0.717) is 30.3 Å². The minimum Gasteiger partial charge on any atom is -0.484 e. The van der Waals surface area contributed by atoms with Crippen molar-refractivity contribution in [3.8, 4) is 5.75 Å². The van der Waals surface area contributed by atoms with Gasteiger partial charge in [-0.3, -0.25) is 4.79 Å². The maximum absolute atomic E-state index is 14.3. The molecule has 0 saturated carbocycles. The fourth-order valence-corrected chi connectivity index (χ4v) is 3.29. The van der Waals surface area contributed by atoms with E-state index < -0.39 is 35.5 Å². The average molecular weight is 573 g/mol. The molecule has 0 bridgehead atoms. The number of hydrogen-bond acceptors (Lipinski definition) is 5. The number of benzene rings is 2. The van der Waals surface area contributed by atoms with Crippen LogP contribution >= 0.6 is 0 Å². The maximum atomic E-state index is 14.3. The largest absolute Gasteiger partial charge is 0.484 e. The lowest BCUT2D eigenvalue weighted by atomic mass is 10.1. The highest BCUT2D eigenvalue weighted by Crippen LogP contribution is 2.30. The van der Waals surface area contributed by atoms with Gasteiger partial charge in [-0.1, -0.05) is 31.5 Å². The second-order valence-corrected chi connectivity index (χ2v) is 10.3. The normalized spacial score (nSPS) is 12.2. The number of unbranched alkanes of at least 4 members (excludes halogenated alkanes) is 1. The summed E-state index contributed by atoms with van der Waals surface area (Å²) in [6, 6.07) is 8.79. The van der Waals surface area contributed by atoms with Gasteiger partial charge in [0.2, 0.25) is 0 Å². The molecule has 3 N–H and O–H groups in total. The van der Waals surface area contributed by atoms with Gasteiger partial charge in [0.1, 0.15) is 11.6 Å². The summed E-state index contributed by atoms with van der Waals surface area (Å²) in [6.07, 6.45) is -4.05. The van der Waals surface area contributed by atoms with Crippen molar-refractivity contribution in [2.45, 2.75) is 78.2 Å². The Hall–Kier alpha value is -3.18. The van der Waals surface area contributed by atoms with E-state index >= 15 is 0 Å². The van der Waals surface area contributed by atoms with Crippen LogP contribution in [0, 0.1) is 5.82 Å². The fraction of sp³-hybridized carbons (Fsp3) is 0.517. The van der Waals surface area contributed by atoms with Crippen LogP contribution in [0.5, 0.6) is 5.75 Å². The first-order valence-corrected chi connectivity index (χ1v) is 13.0. The van der Waals surface area contributed by atoms with Crippen LogP contribution in [-0.4, -0.2) is 53.3 Å². The van der Waals surface area contributed by atoms with Crippen molar-refractivity contribution in [2.75, 3.05) is 19.8 Å². The number of nitrogens with zero attached hydrogens (tertiary/aromatic N) is 1. The highest BCUT2D eigenvalue weighted by molar-refractivity contribution is 5.77. The molecule has 0 aliphatic carbocycles. The fourth-order valence-electron chi connectivity index (χ4n) is 3.29. The number of carbonyl (C=O) groups excluding carboxylic acids is 1. The van der Waals surface area contributed by atoms with Crippen molar-refractivity contribution in [1.29, 1.82) is 0 Å². The summed E-state index contributed by atoms with van der Waals surface area (Å²) >= 11 is 0. The van der Waals surface area contributed by atoms with Gasteiger partial charge in [-0.2, -0.15) is 13.2 Å². The number of ether oxygens (including phenoxy) is 2. The standard InChI is InChI=1S/C25H29F4NO5.C4H11N/c1-3-5-12-30(15-18-8-9-19(14-21(18)26)25(27,28)29)23(31)16-35-20-10-6-17(7-11-20)13-22(24(32)33)34-4-2;1-4(2,3)5/h6-11,14,22H,3-5,12-13,15-16H2,1-2H3,(H,32,33);5H2,1-3H3/t22-;/m0./s1. The molecule has 0 fully saturated rings. The lowest BCUT2D eigenvalue weighted by Gasteiger charge is -2.23. The molecule has 0 radical (unpaired) electrons. The monoisotopic (exact) mass is 572 g/mol. The molecule has 40 heavy (non-hydrogen) atoms. The van der Waals surface area contributed by atoms with Gasteiger partial charge in [-0.25, -0.2) is 9.18 Å². The van der Waals surface area contributed by atoms with Crippen LogP contribution in [0.4, 0.5) is 17.6 Å². The molecule has 0 spiro atoms. The first kappa shape index (κ1) is 34.8. The molecule has 0 aromatic heterocycles. The molecular weight excluding hydrogens is 532 g/mol. The summed E-state index contributed by atoms with van der Waals surface area (Å²) in [5, 5.41) is 9.19. The SMILES string of the molecule is CC(C)(C)N.CCCCN(Cc1ccc(C(F)(F)F)cc1F)C(=O)COc1ccc(C[C@H](OCC)C(=O)O)cc1. The molecule has 0 aliphatic rings. The van der Waals surface area contributed by atoms with Gasteiger partial charge in [0.25, 0.3) is 5.91 Å². The van der Waals surface area contributed by atoms with Gasteiger partial charge in [-0.15, -0.1) is 0 Å². The number of carbonyl (C=O) groups is 2. The zero-order valence-corrected chi connectivity index (χ0v) is 23.7. The van der Waals surface area contributed by atoms with Crippen molar-refractivity contribution in [3.63, 3.8) is 0 Å². The Labute approximate surface area is 233 Å². The van der Waals surface area contributed by atoms with Crippen molar-refractivity contribution in [2.24, 2.45) is 5.73 Å². The van der Waals surface area contributed by atoms with Crippen LogP contribution < -0.4 is 10.5 Å². The zero-order valence-electron chi connectivity index (χ0n) is 23.7. The summed E-state index contributed by atoms with van der Waals surface area (Å²) in [5.74, 6) is -2.16. The Morgan fingerprint density at radius 3 is 2.12 bits per heavy atom. The smallest absolute Gasteiger partial charge is 0.416 e. The number of hydrogen-bond donors (Lipinski definition) is 2. The van der Waals surface area contributed by atoms with Gasteiger partial charge in [0.05, 0.1) is 5.56 Å².